The number of aliphatic imine (C=N–C) groups is 1. The minimum Gasteiger partial charge on any atom is -0.309 e. The Hall–Kier alpha value is -0.870. The van der Waals surface area contributed by atoms with E-state index in [0.29, 0.717) is 6.04 Å². The molecule has 86 valence electrons. The van der Waals surface area contributed by atoms with Crippen molar-refractivity contribution in [1.82, 2.24) is 10.3 Å². The van der Waals surface area contributed by atoms with Gasteiger partial charge in [0.05, 0.1) is 0 Å². The van der Waals surface area contributed by atoms with Gasteiger partial charge in [0.2, 0.25) is 0 Å². The molecular weight excluding hydrogens is 188 g/mol. The van der Waals surface area contributed by atoms with Crippen LogP contribution >= 0.6 is 0 Å². The Labute approximate surface area is 92.2 Å². The summed E-state index contributed by atoms with van der Waals surface area (Å²) in [6, 6.07) is 0.468. The summed E-state index contributed by atoms with van der Waals surface area (Å²) in [5, 5.41) is 0. The van der Waals surface area contributed by atoms with Crippen molar-refractivity contribution in [3.05, 3.63) is 12.2 Å². The highest BCUT2D eigenvalue weighted by molar-refractivity contribution is 5.92. The number of hydrazine groups is 1. The standard InChI is InChI=1S/C11H22N4/c1-10(6-7-11(13-2)14-12)15-8-4-3-5-9-15/h6-7,10H,3-5,8-9,12H2,1-2H3,(H,13,14)/b7-6-. The quantitative estimate of drug-likeness (QED) is 0.315. The zero-order chi connectivity index (χ0) is 11.1. The average Bonchev–Trinajstić information content (AvgIpc) is 2.31. The summed E-state index contributed by atoms with van der Waals surface area (Å²) in [5.41, 5.74) is 2.55. The van der Waals surface area contributed by atoms with Crippen LogP contribution in [-0.2, 0) is 0 Å². The van der Waals surface area contributed by atoms with Crippen LogP contribution in [0.2, 0.25) is 0 Å². The minimum absolute atomic E-state index is 0.468. The first kappa shape index (κ1) is 12.2. The maximum absolute atomic E-state index is 5.30. The molecule has 0 amide bonds. The fourth-order valence-corrected chi connectivity index (χ4v) is 1.86. The molecule has 3 N–H and O–H groups in total. The van der Waals surface area contributed by atoms with Crippen LogP contribution < -0.4 is 11.3 Å². The van der Waals surface area contributed by atoms with Crippen molar-refractivity contribution < 1.29 is 0 Å². The molecule has 0 aromatic rings. The molecule has 1 unspecified atom stereocenters. The first-order chi connectivity index (χ1) is 7.27. The van der Waals surface area contributed by atoms with Gasteiger partial charge in [-0.15, -0.1) is 0 Å². The number of piperidine rings is 1. The Morgan fingerprint density at radius 2 is 2.07 bits per heavy atom. The summed E-state index contributed by atoms with van der Waals surface area (Å²) in [7, 11) is 1.73. The molecule has 1 atom stereocenters. The lowest BCUT2D eigenvalue weighted by Crippen LogP contribution is -2.36. The van der Waals surface area contributed by atoms with E-state index in [-0.39, 0.29) is 0 Å². The predicted octanol–water partition coefficient (Wildman–Crippen LogP) is 0.909. The van der Waals surface area contributed by atoms with E-state index in [1.54, 1.807) is 7.05 Å². The molecule has 1 aliphatic heterocycles. The summed E-state index contributed by atoms with van der Waals surface area (Å²) >= 11 is 0. The first-order valence-electron chi connectivity index (χ1n) is 5.63. The summed E-state index contributed by atoms with van der Waals surface area (Å²) in [5.74, 6) is 6.02. The van der Waals surface area contributed by atoms with Gasteiger partial charge in [0.15, 0.2) is 0 Å². The Balaban J connectivity index is 2.42. The van der Waals surface area contributed by atoms with Crippen LogP contribution in [0.15, 0.2) is 17.1 Å². The van der Waals surface area contributed by atoms with Crippen molar-refractivity contribution in [2.75, 3.05) is 20.1 Å². The average molecular weight is 210 g/mol. The monoisotopic (exact) mass is 210 g/mol. The van der Waals surface area contributed by atoms with Crippen LogP contribution in [0.3, 0.4) is 0 Å². The van der Waals surface area contributed by atoms with Crippen molar-refractivity contribution in [1.29, 1.82) is 0 Å². The molecule has 0 aliphatic carbocycles. The topological polar surface area (TPSA) is 53.6 Å². The summed E-state index contributed by atoms with van der Waals surface area (Å²) in [6.45, 7) is 4.63. The second kappa shape index (κ2) is 6.58. The van der Waals surface area contributed by atoms with Crippen LogP contribution in [-0.4, -0.2) is 36.9 Å². The van der Waals surface area contributed by atoms with E-state index < -0.39 is 0 Å². The molecular formula is C11H22N4. The van der Waals surface area contributed by atoms with Gasteiger partial charge in [-0.1, -0.05) is 12.5 Å². The van der Waals surface area contributed by atoms with Gasteiger partial charge in [0, 0.05) is 13.1 Å². The Kier molecular flexibility index (Phi) is 5.36. The molecule has 0 saturated carbocycles. The Bertz CT molecular complexity index is 229. The van der Waals surface area contributed by atoms with E-state index in [2.05, 4.69) is 28.3 Å². The smallest absolute Gasteiger partial charge is 0.134 e. The minimum atomic E-state index is 0.468. The van der Waals surface area contributed by atoms with Crippen molar-refractivity contribution in [2.45, 2.75) is 32.2 Å². The molecule has 0 bridgehead atoms. The lowest BCUT2D eigenvalue weighted by atomic mass is 10.1. The van der Waals surface area contributed by atoms with Crippen molar-refractivity contribution in [2.24, 2.45) is 10.8 Å². The van der Waals surface area contributed by atoms with E-state index in [0.717, 1.165) is 5.84 Å². The summed E-state index contributed by atoms with van der Waals surface area (Å²) in [4.78, 5) is 6.49. The van der Waals surface area contributed by atoms with Gasteiger partial charge >= 0.3 is 0 Å². The third-order valence-electron chi connectivity index (χ3n) is 2.89. The van der Waals surface area contributed by atoms with Crippen LogP contribution in [0, 0.1) is 0 Å². The third-order valence-corrected chi connectivity index (χ3v) is 2.89. The van der Waals surface area contributed by atoms with Crippen LogP contribution in [0.25, 0.3) is 0 Å². The van der Waals surface area contributed by atoms with Gasteiger partial charge in [-0.3, -0.25) is 9.89 Å². The molecule has 1 rings (SSSR count). The molecule has 1 saturated heterocycles. The highest BCUT2D eigenvalue weighted by Gasteiger charge is 2.13. The molecule has 15 heavy (non-hydrogen) atoms. The van der Waals surface area contributed by atoms with Gasteiger partial charge in [-0.2, -0.15) is 0 Å². The molecule has 0 aromatic carbocycles. The fourth-order valence-electron chi connectivity index (χ4n) is 1.86. The second-order valence-electron chi connectivity index (χ2n) is 3.95. The zero-order valence-electron chi connectivity index (χ0n) is 9.74. The molecule has 0 spiro atoms. The molecule has 4 heteroatoms. The van der Waals surface area contributed by atoms with Crippen molar-refractivity contribution in [3.63, 3.8) is 0 Å². The maximum Gasteiger partial charge on any atom is 0.134 e. The highest BCUT2D eigenvalue weighted by atomic mass is 15.2. The maximum atomic E-state index is 5.30. The summed E-state index contributed by atoms with van der Waals surface area (Å²) < 4.78 is 0. The molecule has 1 heterocycles. The lowest BCUT2D eigenvalue weighted by molar-refractivity contribution is 0.201. The zero-order valence-corrected chi connectivity index (χ0v) is 9.74. The van der Waals surface area contributed by atoms with E-state index >= 15 is 0 Å². The van der Waals surface area contributed by atoms with Crippen LogP contribution in [0.5, 0.6) is 0 Å². The van der Waals surface area contributed by atoms with E-state index in [9.17, 15) is 0 Å². The Morgan fingerprint density at radius 3 is 2.60 bits per heavy atom. The van der Waals surface area contributed by atoms with Gasteiger partial charge in [-0.25, -0.2) is 5.84 Å². The SMILES string of the molecule is CN=C(/C=C\C(C)N1CCCCC1)NN. The van der Waals surface area contributed by atoms with Gasteiger partial charge in [0.25, 0.3) is 0 Å². The van der Waals surface area contributed by atoms with Gasteiger partial charge < -0.3 is 5.43 Å². The molecule has 1 fully saturated rings. The van der Waals surface area contributed by atoms with Crippen LogP contribution in [0.1, 0.15) is 26.2 Å². The number of nitrogens with two attached hydrogens (primary N) is 1. The molecule has 1 aliphatic rings. The molecule has 0 aromatic heterocycles. The highest BCUT2D eigenvalue weighted by Crippen LogP contribution is 2.12. The number of amidine groups is 1. The number of rotatable bonds is 3. The number of hydrogen-bond donors (Lipinski definition) is 2. The second-order valence-corrected chi connectivity index (χ2v) is 3.95. The number of likely N-dealkylation sites (tertiary alicyclic amines) is 1. The predicted molar refractivity (Wildman–Crippen MR) is 64.7 cm³/mol. The van der Waals surface area contributed by atoms with Gasteiger partial charge in [-0.05, 0) is 38.9 Å². The molecule has 0 radical (unpaired) electrons. The first-order valence-corrected chi connectivity index (χ1v) is 5.63. The normalized spacial score (nSPS) is 21.9. The van der Waals surface area contributed by atoms with Crippen LogP contribution in [0.4, 0.5) is 0 Å². The lowest BCUT2D eigenvalue weighted by Gasteiger charge is -2.30. The van der Waals surface area contributed by atoms with Gasteiger partial charge in [0.1, 0.15) is 5.84 Å². The van der Waals surface area contributed by atoms with E-state index in [4.69, 9.17) is 5.84 Å². The number of nitrogens with zero attached hydrogens (tertiary/aromatic N) is 2. The van der Waals surface area contributed by atoms with Crippen molar-refractivity contribution >= 4 is 5.84 Å². The number of nitrogens with one attached hydrogen (secondary N) is 1. The van der Waals surface area contributed by atoms with E-state index in [1.807, 2.05) is 6.08 Å². The largest absolute Gasteiger partial charge is 0.309 e. The Morgan fingerprint density at radius 1 is 1.40 bits per heavy atom. The number of hydrogen-bond acceptors (Lipinski definition) is 3. The van der Waals surface area contributed by atoms with Crippen molar-refractivity contribution in [3.8, 4) is 0 Å². The fraction of sp³-hybridized carbons (Fsp3) is 0.727. The molecule has 4 nitrogen and oxygen atoms in total. The summed E-state index contributed by atoms with van der Waals surface area (Å²) in [6.07, 6.45) is 8.11. The van der Waals surface area contributed by atoms with E-state index in [1.165, 1.54) is 32.4 Å². The third kappa shape index (κ3) is 4.01.